The van der Waals surface area contributed by atoms with Crippen LogP contribution in [0.15, 0.2) is 36.5 Å². The second kappa shape index (κ2) is 34.9. The van der Waals surface area contributed by atoms with Crippen molar-refractivity contribution < 1.29 is 24.2 Å². The first-order chi connectivity index (χ1) is 22.9. The maximum Gasteiger partial charge on any atom is 0.326 e. The molecule has 0 aromatic heterocycles. The van der Waals surface area contributed by atoms with Crippen LogP contribution in [-0.4, -0.2) is 41.6 Å². The Morgan fingerprint density at radius 2 is 1.17 bits per heavy atom. The maximum atomic E-state index is 12.6. The monoisotopic (exact) mass is 661 g/mol. The van der Waals surface area contributed by atoms with Crippen LogP contribution in [0, 0.1) is 0 Å². The van der Waals surface area contributed by atoms with E-state index in [2.05, 4.69) is 55.6 Å². The standard InChI is InChI=1S/C40H72N2O5/c1-3-5-7-9-11-12-13-14-15-16-17-18-19-20-22-28-34-39(44)47-36(30-25-21-10-8-6-4-2)31-26-23-24-27-33-38(43)42-37(40(45)46)32-29-35-41/h12-13,15-16,25,30,36-37H,3-11,14,17-24,26-29,31-35,41H2,1-2H3,(H,42,43)(H,45,46)/b13-12-,16-15-,30-25-. The molecule has 0 saturated heterocycles. The Morgan fingerprint density at radius 1 is 0.638 bits per heavy atom. The van der Waals surface area contributed by atoms with Gasteiger partial charge in [-0.05, 0) is 96.1 Å². The quantitative estimate of drug-likeness (QED) is 0.0359. The Hall–Kier alpha value is -2.41. The Labute approximate surface area is 288 Å². The van der Waals surface area contributed by atoms with E-state index in [1.54, 1.807) is 0 Å². The molecule has 0 radical (unpaired) electrons. The molecular weight excluding hydrogens is 588 g/mol. The van der Waals surface area contributed by atoms with E-state index in [-0.39, 0.29) is 18.0 Å². The van der Waals surface area contributed by atoms with Crippen LogP contribution in [0.5, 0.6) is 0 Å². The van der Waals surface area contributed by atoms with Crippen molar-refractivity contribution in [1.82, 2.24) is 5.32 Å². The zero-order valence-corrected chi connectivity index (χ0v) is 30.4. The number of hydrogen-bond acceptors (Lipinski definition) is 5. The first-order valence-electron chi connectivity index (χ1n) is 19.3. The molecule has 4 N–H and O–H groups in total. The minimum Gasteiger partial charge on any atom is -0.480 e. The van der Waals surface area contributed by atoms with Crippen molar-refractivity contribution >= 4 is 17.8 Å². The number of carboxylic acid groups (broad SMARTS) is 1. The summed E-state index contributed by atoms with van der Waals surface area (Å²) in [6.07, 6.45) is 39.2. The number of carbonyl (C=O) groups excluding carboxylic acids is 2. The number of aliphatic carboxylic acids is 1. The summed E-state index contributed by atoms with van der Waals surface area (Å²) in [7, 11) is 0. The van der Waals surface area contributed by atoms with Gasteiger partial charge in [0.05, 0.1) is 0 Å². The lowest BCUT2D eigenvalue weighted by atomic mass is 10.1. The number of ether oxygens (including phenoxy) is 1. The molecule has 272 valence electrons. The van der Waals surface area contributed by atoms with Crippen LogP contribution >= 0.6 is 0 Å². The van der Waals surface area contributed by atoms with Gasteiger partial charge in [-0.2, -0.15) is 0 Å². The summed E-state index contributed by atoms with van der Waals surface area (Å²) in [5.74, 6) is -1.35. The van der Waals surface area contributed by atoms with E-state index >= 15 is 0 Å². The predicted octanol–water partition coefficient (Wildman–Crippen LogP) is 10.3. The van der Waals surface area contributed by atoms with Crippen molar-refractivity contribution in [2.45, 2.75) is 193 Å². The van der Waals surface area contributed by atoms with E-state index in [1.807, 2.05) is 0 Å². The summed E-state index contributed by atoms with van der Waals surface area (Å²) in [5.41, 5.74) is 5.46. The first kappa shape index (κ1) is 44.6. The molecule has 0 aromatic carbocycles. The molecule has 0 rings (SSSR count). The zero-order valence-electron chi connectivity index (χ0n) is 30.4. The molecule has 7 heteroatoms. The van der Waals surface area contributed by atoms with Crippen molar-refractivity contribution in [2.75, 3.05) is 6.54 Å². The van der Waals surface area contributed by atoms with Gasteiger partial charge in [0.1, 0.15) is 12.1 Å². The molecule has 1 amide bonds. The smallest absolute Gasteiger partial charge is 0.326 e. The molecule has 0 aliphatic carbocycles. The predicted molar refractivity (Wildman–Crippen MR) is 197 cm³/mol. The van der Waals surface area contributed by atoms with Crippen LogP contribution in [0.1, 0.15) is 181 Å². The lowest BCUT2D eigenvalue weighted by molar-refractivity contribution is -0.147. The maximum absolute atomic E-state index is 12.6. The number of rotatable bonds is 34. The van der Waals surface area contributed by atoms with Gasteiger partial charge >= 0.3 is 11.9 Å². The molecule has 0 saturated carbocycles. The van der Waals surface area contributed by atoms with Gasteiger partial charge in [-0.3, -0.25) is 9.59 Å². The Bertz CT molecular complexity index is 838. The third-order valence-electron chi connectivity index (χ3n) is 8.41. The van der Waals surface area contributed by atoms with Crippen LogP contribution in [-0.2, 0) is 19.1 Å². The highest BCUT2D eigenvalue weighted by molar-refractivity contribution is 5.83. The summed E-state index contributed by atoms with van der Waals surface area (Å²) >= 11 is 0. The second-order valence-electron chi connectivity index (χ2n) is 13.0. The summed E-state index contributed by atoms with van der Waals surface area (Å²) in [4.78, 5) is 36.1. The van der Waals surface area contributed by atoms with E-state index in [0.29, 0.717) is 38.6 Å². The summed E-state index contributed by atoms with van der Waals surface area (Å²) < 4.78 is 5.88. The van der Waals surface area contributed by atoms with Crippen molar-refractivity contribution in [3.63, 3.8) is 0 Å². The van der Waals surface area contributed by atoms with E-state index in [0.717, 1.165) is 70.6 Å². The third-order valence-corrected chi connectivity index (χ3v) is 8.41. The van der Waals surface area contributed by atoms with Crippen molar-refractivity contribution in [1.29, 1.82) is 0 Å². The largest absolute Gasteiger partial charge is 0.480 e. The second-order valence-corrected chi connectivity index (χ2v) is 13.0. The number of allylic oxidation sites excluding steroid dienone is 5. The van der Waals surface area contributed by atoms with E-state index in [9.17, 15) is 19.5 Å². The molecule has 0 bridgehead atoms. The summed E-state index contributed by atoms with van der Waals surface area (Å²) in [6.45, 7) is 4.86. The van der Waals surface area contributed by atoms with Crippen LogP contribution < -0.4 is 11.1 Å². The van der Waals surface area contributed by atoms with Crippen LogP contribution in [0.2, 0.25) is 0 Å². The third kappa shape index (κ3) is 31.9. The number of unbranched alkanes of at least 4 members (excludes halogenated alkanes) is 16. The van der Waals surface area contributed by atoms with Crippen LogP contribution in [0.25, 0.3) is 0 Å². The Kier molecular flexibility index (Phi) is 33.1. The molecule has 2 unspecified atom stereocenters. The number of nitrogens with one attached hydrogen (secondary N) is 1. The number of nitrogens with two attached hydrogens (primary N) is 1. The average Bonchev–Trinajstić information content (AvgIpc) is 3.05. The number of esters is 1. The fourth-order valence-corrected chi connectivity index (χ4v) is 5.45. The number of amides is 1. The molecule has 0 heterocycles. The number of carboxylic acids is 1. The van der Waals surface area contributed by atoms with Gasteiger partial charge in [-0.15, -0.1) is 0 Å². The lowest BCUT2D eigenvalue weighted by Crippen LogP contribution is -2.40. The van der Waals surface area contributed by atoms with Gasteiger partial charge in [-0.25, -0.2) is 4.79 Å². The van der Waals surface area contributed by atoms with Crippen molar-refractivity contribution in [2.24, 2.45) is 5.73 Å². The summed E-state index contributed by atoms with van der Waals surface area (Å²) in [5, 5.41) is 11.9. The first-order valence-corrected chi connectivity index (χ1v) is 19.3. The van der Waals surface area contributed by atoms with Gasteiger partial charge in [0.2, 0.25) is 5.91 Å². The number of carbonyl (C=O) groups is 3. The lowest BCUT2D eigenvalue weighted by Gasteiger charge is -2.15. The minimum absolute atomic E-state index is 0.105. The van der Waals surface area contributed by atoms with Gasteiger partial charge in [0, 0.05) is 12.8 Å². The number of hydrogen-bond donors (Lipinski definition) is 3. The van der Waals surface area contributed by atoms with E-state index in [4.69, 9.17) is 10.5 Å². The van der Waals surface area contributed by atoms with Gasteiger partial charge in [0.15, 0.2) is 0 Å². The normalized spacial score (nSPS) is 13.1. The highest BCUT2D eigenvalue weighted by Crippen LogP contribution is 2.15. The Balaban J connectivity index is 4.23. The highest BCUT2D eigenvalue weighted by atomic mass is 16.5. The van der Waals surface area contributed by atoms with Gasteiger partial charge < -0.3 is 20.9 Å². The zero-order chi connectivity index (χ0) is 34.6. The molecule has 0 aliphatic rings. The topological polar surface area (TPSA) is 119 Å². The molecular formula is C40H72N2O5. The molecule has 0 fully saturated rings. The van der Waals surface area contributed by atoms with Gasteiger partial charge in [-0.1, -0.05) is 115 Å². The molecule has 0 spiro atoms. The van der Waals surface area contributed by atoms with E-state index < -0.39 is 12.0 Å². The highest BCUT2D eigenvalue weighted by Gasteiger charge is 2.19. The summed E-state index contributed by atoms with van der Waals surface area (Å²) in [6, 6.07) is -0.870. The Morgan fingerprint density at radius 3 is 1.77 bits per heavy atom. The average molecular weight is 661 g/mol. The SMILES string of the molecule is CCCCCC/C=C\C/C=C\CCCCCCCC(=O)OC(/C=C\CCCCCC)CCCCCCC(=O)NC(CCCN)C(=O)O. The fraction of sp³-hybridized carbons (Fsp3) is 0.775. The fourth-order valence-electron chi connectivity index (χ4n) is 5.45. The van der Waals surface area contributed by atoms with Crippen LogP contribution in [0.3, 0.4) is 0 Å². The van der Waals surface area contributed by atoms with Crippen molar-refractivity contribution in [3.05, 3.63) is 36.5 Å². The minimum atomic E-state index is -1.02. The van der Waals surface area contributed by atoms with Gasteiger partial charge in [0.25, 0.3) is 0 Å². The molecule has 2 atom stereocenters. The van der Waals surface area contributed by atoms with E-state index in [1.165, 1.54) is 64.2 Å². The molecule has 0 aliphatic heterocycles. The molecule has 7 nitrogen and oxygen atoms in total. The molecule has 47 heavy (non-hydrogen) atoms. The van der Waals surface area contributed by atoms with Crippen LogP contribution in [0.4, 0.5) is 0 Å². The molecule has 0 aromatic rings. The van der Waals surface area contributed by atoms with Crippen molar-refractivity contribution in [3.8, 4) is 0 Å².